The van der Waals surface area contributed by atoms with Crippen molar-refractivity contribution in [2.45, 2.75) is 13.1 Å². The minimum Gasteiger partial charge on any atom is -0.384 e. The van der Waals surface area contributed by atoms with Crippen LogP contribution in [0.5, 0.6) is 0 Å². The Labute approximate surface area is 114 Å². The van der Waals surface area contributed by atoms with Crippen LogP contribution in [0.25, 0.3) is 0 Å². The minimum absolute atomic E-state index is 0.196. The third kappa shape index (κ3) is 2.15. The van der Waals surface area contributed by atoms with Crippen molar-refractivity contribution in [1.82, 2.24) is 19.4 Å². The highest BCUT2D eigenvalue weighted by molar-refractivity contribution is 6.33. The van der Waals surface area contributed by atoms with Crippen LogP contribution in [-0.4, -0.2) is 31.9 Å². The van der Waals surface area contributed by atoms with Gasteiger partial charge in [0.15, 0.2) is 0 Å². The number of imidazole rings is 1. The number of nitrogens with two attached hydrogens (primary N) is 1. The Morgan fingerprint density at radius 3 is 3.05 bits per heavy atom. The van der Waals surface area contributed by atoms with Crippen LogP contribution in [-0.2, 0) is 13.1 Å². The summed E-state index contributed by atoms with van der Waals surface area (Å²) in [6.45, 7) is 1.79. The first kappa shape index (κ1) is 12.0. The van der Waals surface area contributed by atoms with Crippen molar-refractivity contribution in [3.63, 3.8) is 0 Å². The molecule has 0 saturated heterocycles. The molecule has 0 saturated carbocycles. The second kappa shape index (κ2) is 4.55. The fraction of sp³-hybridized carbons (Fsp3) is 0.250. The average Bonchev–Trinajstić information content (AvgIpc) is 2.88. The molecule has 0 radical (unpaired) electrons. The topological polar surface area (TPSA) is 77.0 Å². The van der Waals surface area contributed by atoms with Gasteiger partial charge in [-0.05, 0) is 12.1 Å². The zero-order valence-electron chi connectivity index (χ0n) is 10.1. The fourth-order valence-electron chi connectivity index (χ4n) is 2.10. The second-order valence-electron chi connectivity index (χ2n) is 4.33. The summed E-state index contributed by atoms with van der Waals surface area (Å²) in [7, 11) is 0. The fourth-order valence-corrected chi connectivity index (χ4v) is 2.29. The Kier molecular flexibility index (Phi) is 2.87. The third-order valence-corrected chi connectivity index (χ3v) is 3.41. The summed E-state index contributed by atoms with van der Waals surface area (Å²) in [5.74, 6) is 0.928. The first-order chi connectivity index (χ1) is 9.15. The summed E-state index contributed by atoms with van der Waals surface area (Å²) in [6.07, 6.45) is 3.64. The number of nitrogen functional groups attached to an aromatic ring is 1. The number of amides is 1. The molecule has 0 atom stereocenters. The number of anilines is 1. The normalized spacial score (nSPS) is 14.3. The molecule has 0 fully saturated rings. The number of rotatable bonds is 1. The van der Waals surface area contributed by atoms with Crippen molar-refractivity contribution in [3.05, 3.63) is 41.1 Å². The third-order valence-electron chi connectivity index (χ3n) is 3.10. The van der Waals surface area contributed by atoms with Crippen molar-refractivity contribution >= 4 is 23.3 Å². The van der Waals surface area contributed by atoms with E-state index in [-0.39, 0.29) is 17.4 Å². The van der Waals surface area contributed by atoms with E-state index in [1.807, 2.05) is 10.8 Å². The number of nitrogens with zero attached hydrogens (tertiary/aromatic N) is 4. The van der Waals surface area contributed by atoms with E-state index in [0.717, 1.165) is 12.4 Å². The summed E-state index contributed by atoms with van der Waals surface area (Å²) in [5, 5.41) is 0.313. The SMILES string of the molecule is Nc1ccc(Cl)c(C(=O)N2CCn3ccnc3C2)n1. The summed E-state index contributed by atoms with van der Waals surface area (Å²) >= 11 is 6.00. The molecule has 3 heterocycles. The zero-order valence-corrected chi connectivity index (χ0v) is 10.8. The quantitative estimate of drug-likeness (QED) is 0.849. The van der Waals surface area contributed by atoms with E-state index in [4.69, 9.17) is 17.3 Å². The highest BCUT2D eigenvalue weighted by Gasteiger charge is 2.24. The van der Waals surface area contributed by atoms with Gasteiger partial charge in [-0.25, -0.2) is 9.97 Å². The lowest BCUT2D eigenvalue weighted by Crippen LogP contribution is -2.38. The second-order valence-corrected chi connectivity index (χ2v) is 4.74. The Hall–Kier alpha value is -2.08. The molecule has 2 N–H and O–H groups in total. The van der Waals surface area contributed by atoms with Gasteiger partial charge in [-0.1, -0.05) is 11.6 Å². The number of hydrogen-bond acceptors (Lipinski definition) is 4. The Bertz CT molecular complexity index is 639. The van der Waals surface area contributed by atoms with Gasteiger partial charge in [-0.15, -0.1) is 0 Å². The van der Waals surface area contributed by atoms with Crippen LogP contribution in [0.2, 0.25) is 5.02 Å². The number of carbonyl (C=O) groups is 1. The van der Waals surface area contributed by atoms with E-state index in [9.17, 15) is 4.79 Å². The molecule has 6 nitrogen and oxygen atoms in total. The molecule has 1 aliphatic rings. The molecule has 19 heavy (non-hydrogen) atoms. The number of pyridine rings is 1. The van der Waals surface area contributed by atoms with Gasteiger partial charge in [0.1, 0.15) is 17.3 Å². The van der Waals surface area contributed by atoms with Gasteiger partial charge < -0.3 is 15.2 Å². The van der Waals surface area contributed by atoms with Crippen molar-refractivity contribution in [1.29, 1.82) is 0 Å². The monoisotopic (exact) mass is 277 g/mol. The van der Waals surface area contributed by atoms with Crippen LogP contribution in [0.4, 0.5) is 5.82 Å². The van der Waals surface area contributed by atoms with Crippen LogP contribution in [0.3, 0.4) is 0 Å². The molecule has 7 heteroatoms. The summed E-state index contributed by atoms with van der Waals surface area (Å²) in [5.41, 5.74) is 5.79. The Balaban J connectivity index is 1.87. The molecular weight excluding hydrogens is 266 g/mol. The lowest BCUT2D eigenvalue weighted by atomic mass is 10.2. The van der Waals surface area contributed by atoms with Crippen molar-refractivity contribution in [2.24, 2.45) is 0 Å². The zero-order chi connectivity index (χ0) is 13.4. The van der Waals surface area contributed by atoms with E-state index in [1.54, 1.807) is 23.2 Å². The lowest BCUT2D eigenvalue weighted by Gasteiger charge is -2.27. The van der Waals surface area contributed by atoms with Gasteiger partial charge in [0.25, 0.3) is 5.91 Å². The summed E-state index contributed by atoms with van der Waals surface area (Å²) < 4.78 is 2.03. The van der Waals surface area contributed by atoms with E-state index < -0.39 is 0 Å². The van der Waals surface area contributed by atoms with Crippen LogP contribution in [0, 0.1) is 0 Å². The molecule has 0 unspecified atom stereocenters. The van der Waals surface area contributed by atoms with E-state index in [0.29, 0.717) is 18.1 Å². The number of hydrogen-bond donors (Lipinski definition) is 1. The predicted octanol–water partition coefficient (Wildman–Crippen LogP) is 1.17. The molecule has 0 aromatic carbocycles. The molecule has 98 valence electrons. The van der Waals surface area contributed by atoms with Gasteiger partial charge in [0, 0.05) is 25.5 Å². The molecule has 0 spiro atoms. The van der Waals surface area contributed by atoms with Crippen molar-refractivity contribution in [2.75, 3.05) is 12.3 Å². The van der Waals surface area contributed by atoms with Gasteiger partial charge in [-0.2, -0.15) is 0 Å². The summed E-state index contributed by atoms with van der Waals surface area (Å²) in [4.78, 5) is 22.3. The molecule has 1 aliphatic heterocycles. The molecule has 1 amide bonds. The van der Waals surface area contributed by atoms with Crippen LogP contribution < -0.4 is 5.73 Å². The smallest absolute Gasteiger partial charge is 0.274 e. The molecule has 2 aromatic rings. The van der Waals surface area contributed by atoms with Crippen molar-refractivity contribution < 1.29 is 4.79 Å². The van der Waals surface area contributed by atoms with Crippen LogP contribution >= 0.6 is 11.6 Å². The highest BCUT2D eigenvalue weighted by Crippen LogP contribution is 2.19. The largest absolute Gasteiger partial charge is 0.384 e. The highest BCUT2D eigenvalue weighted by atomic mass is 35.5. The van der Waals surface area contributed by atoms with Gasteiger partial charge >= 0.3 is 0 Å². The number of halogens is 1. The van der Waals surface area contributed by atoms with E-state index in [1.165, 1.54) is 0 Å². The Morgan fingerprint density at radius 2 is 2.21 bits per heavy atom. The number of fused-ring (bicyclic) bond motifs is 1. The summed E-state index contributed by atoms with van der Waals surface area (Å²) in [6, 6.07) is 3.16. The number of aromatic nitrogens is 3. The molecule has 0 aliphatic carbocycles. The maximum atomic E-state index is 12.4. The predicted molar refractivity (Wildman–Crippen MR) is 70.6 cm³/mol. The number of carbonyl (C=O) groups excluding carboxylic acids is 1. The maximum Gasteiger partial charge on any atom is 0.274 e. The maximum absolute atomic E-state index is 12.4. The van der Waals surface area contributed by atoms with Crippen LogP contribution in [0.1, 0.15) is 16.3 Å². The molecular formula is C12H12ClN5O. The lowest BCUT2D eigenvalue weighted by molar-refractivity contribution is 0.0702. The molecule has 3 rings (SSSR count). The van der Waals surface area contributed by atoms with E-state index in [2.05, 4.69) is 9.97 Å². The molecule has 0 bridgehead atoms. The average molecular weight is 278 g/mol. The van der Waals surface area contributed by atoms with E-state index >= 15 is 0 Å². The van der Waals surface area contributed by atoms with Crippen molar-refractivity contribution in [3.8, 4) is 0 Å². The van der Waals surface area contributed by atoms with Gasteiger partial charge in [0.2, 0.25) is 0 Å². The Morgan fingerprint density at radius 1 is 1.37 bits per heavy atom. The van der Waals surface area contributed by atoms with Gasteiger partial charge in [0.05, 0.1) is 11.6 Å². The first-order valence-corrected chi connectivity index (χ1v) is 6.24. The van der Waals surface area contributed by atoms with Gasteiger partial charge in [-0.3, -0.25) is 4.79 Å². The molecule has 2 aromatic heterocycles. The standard InChI is InChI=1S/C12H12ClN5O/c13-8-1-2-9(14)16-11(8)12(19)18-6-5-17-4-3-15-10(17)7-18/h1-4H,5-7H2,(H2,14,16). The first-order valence-electron chi connectivity index (χ1n) is 5.86. The minimum atomic E-state index is -0.216. The van der Waals surface area contributed by atoms with Crippen LogP contribution in [0.15, 0.2) is 24.5 Å².